The zero-order chi connectivity index (χ0) is 15.8. The Morgan fingerprint density at radius 3 is 2.55 bits per heavy atom. The van der Waals surface area contributed by atoms with E-state index in [-0.39, 0.29) is 0 Å². The van der Waals surface area contributed by atoms with Crippen molar-refractivity contribution in [3.05, 3.63) is 23.8 Å². The van der Waals surface area contributed by atoms with Gasteiger partial charge in [0.1, 0.15) is 0 Å². The molecular weight excluding hydrogens is 268 g/mol. The van der Waals surface area contributed by atoms with Crippen LogP contribution in [0.2, 0.25) is 0 Å². The van der Waals surface area contributed by atoms with E-state index in [0.717, 1.165) is 30.6 Å². The molecule has 4 rings (SSSR count). The molecule has 3 fully saturated rings. The van der Waals surface area contributed by atoms with Crippen LogP contribution in [0.3, 0.4) is 0 Å². The summed E-state index contributed by atoms with van der Waals surface area (Å²) in [5.74, 6) is 2.55. The number of fused-ring (bicyclic) bond motifs is 5. The maximum Gasteiger partial charge on any atom is 0.0657 e. The summed E-state index contributed by atoms with van der Waals surface area (Å²) in [6.07, 6.45) is 12.2. The zero-order valence-corrected chi connectivity index (χ0v) is 14.6. The first-order chi connectivity index (χ1) is 10.3. The Morgan fingerprint density at radius 1 is 1.05 bits per heavy atom. The van der Waals surface area contributed by atoms with Crippen LogP contribution in [-0.4, -0.2) is 10.7 Å². The van der Waals surface area contributed by atoms with E-state index in [9.17, 15) is 5.11 Å². The molecular formula is C21H32O. The van der Waals surface area contributed by atoms with E-state index in [2.05, 4.69) is 26.5 Å². The molecule has 122 valence electrons. The fraction of sp³-hybridized carbons (Fsp3) is 0.810. The van der Waals surface area contributed by atoms with Crippen molar-refractivity contribution < 1.29 is 5.11 Å². The van der Waals surface area contributed by atoms with Gasteiger partial charge in [0.15, 0.2) is 0 Å². The predicted molar refractivity (Wildman–Crippen MR) is 91.5 cm³/mol. The fourth-order valence-corrected chi connectivity index (χ4v) is 6.71. The molecule has 1 unspecified atom stereocenters. The van der Waals surface area contributed by atoms with Gasteiger partial charge >= 0.3 is 0 Å². The van der Waals surface area contributed by atoms with Gasteiger partial charge in [-0.05, 0) is 86.9 Å². The van der Waals surface area contributed by atoms with Crippen LogP contribution in [0, 0.1) is 28.6 Å². The lowest BCUT2D eigenvalue weighted by Crippen LogP contribution is -2.51. The van der Waals surface area contributed by atoms with E-state index in [1.807, 2.05) is 6.92 Å². The van der Waals surface area contributed by atoms with Gasteiger partial charge in [0, 0.05) is 0 Å². The van der Waals surface area contributed by atoms with Crippen LogP contribution in [0.25, 0.3) is 0 Å². The monoisotopic (exact) mass is 300 g/mol. The highest BCUT2D eigenvalue weighted by molar-refractivity contribution is 5.29. The second kappa shape index (κ2) is 4.50. The van der Waals surface area contributed by atoms with E-state index in [1.54, 1.807) is 5.57 Å². The molecule has 0 aromatic carbocycles. The number of hydrogen-bond donors (Lipinski definition) is 1. The van der Waals surface area contributed by atoms with Crippen molar-refractivity contribution in [1.82, 2.24) is 0 Å². The van der Waals surface area contributed by atoms with E-state index >= 15 is 0 Å². The molecule has 0 amide bonds. The number of allylic oxidation sites excluding steroid dienone is 2. The topological polar surface area (TPSA) is 20.2 Å². The lowest BCUT2D eigenvalue weighted by atomic mass is 9.47. The fourth-order valence-electron chi connectivity index (χ4n) is 6.71. The predicted octanol–water partition coefficient (Wildman–Crippen LogP) is 5.26. The van der Waals surface area contributed by atoms with Gasteiger partial charge in [-0.3, -0.25) is 0 Å². The molecule has 0 bridgehead atoms. The average molecular weight is 300 g/mol. The maximum atomic E-state index is 10.5. The van der Waals surface area contributed by atoms with Crippen LogP contribution in [0.1, 0.15) is 72.1 Å². The summed E-state index contributed by atoms with van der Waals surface area (Å²) in [6.45, 7) is 11.5. The van der Waals surface area contributed by atoms with Crippen molar-refractivity contribution in [3.63, 3.8) is 0 Å². The lowest BCUT2D eigenvalue weighted by Gasteiger charge is -2.58. The minimum absolute atomic E-state index is 0.358. The van der Waals surface area contributed by atoms with Crippen molar-refractivity contribution in [3.8, 4) is 0 Å². The van der Waals surface area contributed by atoms with Crippen LogP contribution in [0.5, 0.6) is 0 Å². The van der Waals surface area contributed by atoms with Crippen LogP contribution in [0.4, 0.5) is 0 Å². The zero-order valence-electron chi connectivity index (χ0n) is 14.6. The van der Waals surface area contributed by atoms with Crippen LogP contribution in [-0.2, 0) is 0 Å². The molecule has 3 saturated carbocycles. The molecule has 0 aromatic rings. The normalized spacial score (nSPS) is 54.3. The first kappa shape index (κ1) is 15.0. The van der Waals surface area contributed by atoms with Crippen molar-refractivity contribution in [2.45, 2.75) is 77.7 Å². The second-order valence-corrected chi connectivity index (χ2v) is 9.53. The van der Waals surface area contributed by atoms with Crippen LogP contribution >= 0.6 is 0 Å². The van der Waals surface area contributed by atoms with Gasteiger partial charge in [-0.2, -0.15) is 0 Å². The molecule has 6 atom stereocenters. The van der Waals surface area contributed by atoms with Gasteiger partial charge in [0.25, 0.3) is 0 Å². The van der Waals surface area contributed by atoms with E-state index in [1.165, 1.54) is 44.1 Å². The summed E-state index contributed by atoms with van der Waals surface area (Å²) in [5.41, 5.74) is 3.41. The molecule has 1 N–H and O–H groups in total. The summed E-state index contributed by atoms with van der Waals surface area (Å²) in [5, 5.41) is 10.5. The minimum atomic E-state index is -0.469. The van der Waals surface area contributed by atoms with Gasteiger partial charge in [0.2, 0.25) is 0 Å². The third-order valence-electron chi connectivity index (χ3n) is 8.33. The average Bonchev–Trinajstić information content (AvgIpc) is 2.76. The Bertz CT molecular complexity index is 542. The Hall–Kier alpha value is -0.560. The Balaban J connectivity index is 1.69. The molecule has 0 aliphatic heterocycles. The van der Waals surface area contributed by atoms with Crippen molar-refractivity contribution >= 4 is 0 Å². The Labute approximate surface area is 135 Å². The third kappa shape index (κ3) is 1.87. The highest BCUT2D eigenvalue weighted by Gasteiger charge is 2.57. The van der Waals surface area contributed by atoms with Crippen molar-refractivity contribution in [2.75, 3.05) is 0 Å². The smallest absolute Gasteiger partial charge is 0.0657 e. The summed E-state index contributed by atoms with van der Waals surface area (Å²) in [6, 6.07) is 0. The molecule has 4 aliphatic rings. The number of rotatable bonds is 0. The van der Waals surface area contributed by atoms with E-state index in [0.29, 0.717) is 10.8 Å². The molecule has 0 heterocycles. The highest BCUT2D eigenvalue weighted by Crippen LogP contribution is 2.66. The number of aliphatic hydroxyl groups is 1. The first-order valence-corrected chi connectivity index (χ1v) is 9.36. The molecule has 0 aromatic heterocycles. The summed E-state index contributed by atoms with van der Waals surface area (Å²) in [4.78, 5) is 0. The molecule has 22 heavy (non-hydrogen) atoms. The quantitative estimate of drug-likeness (QED) is 0.605. The summed E-state index contributed by atoms with van der Waals surface area (Å²) in [7, 11) is 0. The molecule has 0 saturated heterocycles. The van der Waals surface area contributed by atoms with Gasteiger partial charge < -0.3 is 5.11 Å². The van der Waals surface area contributed by atoms with Crippen LogP contribution < -0.4 is 0 Å². The van der Waals surface area contributed by atoms with Gasteiger partial charge in [-0.25, -0.2) is 0 Å². The summed E-state index contributed by atoms with van der Waals surface area (Å²) < 4.78 is 0. The molecule has 0 spiro atoms. The molecule has 1 nitrogen and oxygen atoms in total. The third-order valence-corrected chi connectivity index (χ3v) is 8.33. The largest absolute Gasteiger partial charge is 0.390 e. The first-order valence-electron chi connectivity index (χ1n) is 9.36. The SMILES string of the molecule is C=C1CC[C@H]2[C@@H]3CC=C4C[C@@](C)(O)CCC4(C)[C@H]3CC[C@]12C. The van der Waals surface area contributed by atoms with Gasteiger partial charge in [-0.15, -0.1) is 0 Å². The van der Waals surface area contributed by atoms with Crippen molar-refractivity contribution in [2.24, 2.45) is 28.6 Å². The lowest BCUT2D eigenvalue weighted by molar-refractivity contribution is -0.0503. The molecule has 4 aliphatic carbocycles. The Kier molecular flexibility index (Phi) is 3.07. The van der Waals surface area contributed by atoms with Crippen LogP contribution in [0.15, 0.2) is 23.8 Å². The highest BCUT2D eigenvalue weighted by atomic mass is 16.3. The maximum absolute atomic E-state index is 10.5. The molecule has 1 heteroatoms. The van der Waals surface area contributed by atoms with Gasteiger partial charge in [0.05, 0.1) is 5.60 Å². The minimum Gasteiger partial charge on any atom is -0.390 e. The van der Waals surface area contributed by atoms with E-state index in [4.69, 9.17) is 0 Å². The Morgan fingerprint density at radius 2 is 1.77 bits per heavy atom. The molecule has 0 radical (unpaired) electrons. The summed E-state index contributed by atoms with van der Waals surface area (Å²) >= 11 is 0. The standard InChI is InChI=1S/C21H32O/c1-14-5-8-17-16-7-6-15-13-19(2,22)11-12-21(15,4)18(16)9-10-20(14,17)3/h6,16-18,22H,1,5,7-13H2,2-4H3/t16-,17-,18-,19-,20+,21?/m0/s1. The van der Waals surface area contributed by atoms with Crippen molar-refractivity contribution in [1.29, 1.82) is 0 Å². The second-order valence-electron chi connectivity index (χ2n) is 9.53. The number of hydrogen-bond acceptors (Lipinski definition) is 1. The van der Waals surface area contributed by atoms with Gasteiger partial charge in [-0.1, -0.05) is 37.6 Å². The van der Waals surface area contributed by atoms with E-state index < -0.39 is 5.60 Å².